The summed E-state index contributed by atoms with van der Waals surface area (Å²) in [5, 5.41) is 15.0. The van der Waals surface area contributed by atoms with E-state index >= 15 is 0 Å². The van der Waals surface area contributed by atoms with E-state index in [0.29, 0.717) is 18.8 Å². The quantitative estimate of drug-likeness (QED) is 0.486. The van der Waals surface area contributed by atoms with Crippen LogP contribution in [0.5, 0.6) is 0 Å². The van der Waals surface area contributed by atoms with Gasteiger partial charge in [-0.05, 0) is 0 Å². The summed E-state index contributed by atoms with van der Waals surface area (Å²) in [4.78, 5) is 14.2. The van der Waals surface area contributed by atoms with Crippen LogP contribution in [-0.4, -0.2) is 34.3 Å². The first kappa shape index (κ1) is 10.4. The van der Waals surface area contributed by atoms with Crippen LogP contribution in [0, 0.1) is 0 Å². The lowest BCUT2D eigenvalue weighted by atomic mass is 10.3. The number of hydrogen-bond acceptors (Lipinski definition) is 5. The second kappa shape index (κ2) is 5.13. The molecule has 76 valence electrons. The predicted octanol–water partition coefficient (Wildman–Crippen LogP) is -0.158. The molecule has 0 unspecified atom stereocenters. The molecule has 2 N–H and O–H groups in total. The Hall–Kier alpha value is -1.69. The zero-order valence-electron chi connectivity index (χ0n) is 7.56. The van der Waals surface area contributed by atoms with Gasteiger partial charge in [0, 0.05) is 25.1 Å². The first-order valence-electron chi connectivity index (χ1n) is 4.07. The summed E-state index contributed by atoms with van der Waals surface area (Å²) in [5.41, 5.74) is 0.137. The molecular weight excluding hydrogens is 186 g/mol. The molecule has 0 amide bonds. The summed E-state index contributed by atoms with van der Waals surface area (Å²) in [7, 11) is 0. The van der Waals surface area contributed by atoms with Crippen molar-refractivity contribution in [1.82, 2.24) is 15.5 Å². The van der Waals surface area contributed by atoms with Gasteiger partial charge in [0.15, 0.2) is 5.82 Å². The molecule has 0 aliphatic carbocycles. The lowest BCUT2D eigenvalue weighted by Gasteiger charge is -2.01. The minimum Gasteiger partial charge on any atom is -0.478 e. The zero-order valence-corrected chi connectivity index (χ0v) is 7.56. The number of carbonyl (C=O) groups is 1. The molecule has 0 spiro atoms. The Labute approximate surface area is 80.6 Å². The highest BCUT2D eigenvalue weighted by atomic mass is 16.5. The maximum atomic E-state index is 10.3. The second-order valence-electron chi connectivity index (χ2n) is 2.68. The number of nitrogens with one attached hydrogen (secondary N) is 1. The van der Waals surface area contributed by atoms with Crippen LogP contribution in [0.4, 0.5) is 0 Å². The van der Waals surface area contributed by atoms with Crippen molar-refractivity contribution in [3.8, 4) is 0 Å². The molecule has 0 bridgehead atoms. The molecule has 0 fully saturated rings. The third-order valence-electron chi connectivity index (χ3n) is 1.57. The Balaban J connectivity index is 2.11. The third kappa shape index (κ3) is 3.36. The van der Waals surface area contributed by atoms with Crippen molar-refractivity contribution in [2.45, 2.75) is 6.42 Å². The number of aromatic nitrogens is 2. The standard InChI is InChI=1S/C8H11N3O3/c1-6(8(12)13)4-9-3-2-7-10-5-14-11-7/h5,9H,1-4H2,(H,12,13). The van der Waals surface area contributed by atoms with Crippen LogP contribution in [0.15, 0.2) is 23.1 Å². The zero-order chi connectivity index (χ0) is 10.4. The smallest absolute Gasteiger partial charge is 0.332 e. The lowest BCUT2D eigenvalue weighted by molar-refractivity contribution is -0.132. The van der Waals surface area contributed by atoms with Gasteiger partial charge in [0.2, 0.25) is 6.39 Å². The minimum atomic E-state index is -0.989. The molecule has 0 aliphatic heterocycles. The topological polar surface area (TPSA) is 88.3 Å². The summed E-state index contributed by atoms with van der Waals surface area (Å²) >= 11 is 0. The monoisotopic (exact) mass is 197 g/mol. The fourth-order valence-corrected chi connectivity index (χ4v) is 0.818. The summed E-state index contributed by atoms with van der Waals surface area (Å²) in [6.07, 6.45) is 1.86. The maximum absolute atomic E-state index is 10.3. The molecule has 6 nitrogen and oxygen atoms in total. The average Bonchev–Trinajstić information content (AvgIpc) is 2.64. The number of aliphatic carboxylic acids is 1. The fourth-order valence-electron chi connectivity index (χ4n) is 0.818. The number of rotatable bonds is 6. The first-order valence-corrected chi connectivity index (χ1v) is 4.07. The molecule has 1 aromatic rings. The molecule has 1 aromatic heterocycles. The van der Waals surface area contributed by atoms with Crippen LogP contribution in [0.3, 0.4) is 0 Å². The molecule has 14 heavy (non-hydrogen) atoms. The number of carboxylic acid groups (broad SMARTS) is 1. The predicted molar refractivity (Wildman–Crippen MR) is 47.6 cm³/mol. The number of carboxylic acids is 1. The van der Waals surface area contributed by atoms with Gasteiger partial charge in [0.25, 0.3) is 0 Å². The summed E-state index contributed by atoms with van der Waals surface area (Å²) in [6.45, 7) is 4.22. The highest BCUT2D eigenvalue weighted by molar-refractivity contribution is 5.86. The van der Waals surface area contributed by atoms with Crippen molar-refractivity contribution in [2.75, 3.05) is 13.1 Å². The van der Waals surface area contributed by atoms with E-state index in [4.69, 9.17) is 5.11 Å². The molecule has 0 saturated heterocycles. The largest absolute Gasteiger partial charge is 0.478 e. The van der Waals surface area contributed by atoms with E-state index in [1.807, 2.05) is 0 Å². The Morgan fingerprint density at radius 2 is 2.50 bits per heavy atom. The Bertz CT molecular complexity index is 308. The van der Waals surface area contributed by atoms with Crippen LogP contribution in [0.25, 0.3) is 0 Å². The van der Waals surface area contributed by atoms with Crippen molar-refractivity contribution < 1.29 is 14.4 Å². The lowest BCUT2D eigenvalue weighted by Crippen LogP contribution is -2.22. The molecule has 0 aliphatic rings. The summed E-state index contributed by atoms with van der Waals surface area (Å²) in [5.74, 6) is -0.393. The Morgan fingerprint density at radius 3 is 3.07 bits per heavy atom. The van der Waals surface area contributed by atoms with Crippen LogP contribution in [0.1, 0.15) is 5.82 Å². The second-order valence-corrected chi connectivity index (χ2v) is 2.68. The van der Waals surface area contributed by atoms with Gasteiger partial charge in [0.05, 0.1) is 0 Å². The fraction of sp³-hybridized carbons (Fsp3) is 0.375. The van der Waals surface area contributed by atoms with Crippen molar-refractivity contribution in [1.29, 1.82) is 0 Å². The minimum absolute atomic E-state index is 0.137. The van der Waals surface area contributed by atoms with Crippen molar-refractivity contribution in [2.24, 2.45) is 0 Å². The van der Waals surface area contributed by atoms with Gasteiger partial charge < -0.3 is 14.9 Å². The van der Waals surface area contributed by atoms with Crippen LogP contribution in [-0.2, 0) is 11.2 Å². The molecule has 0 radical (unpaired) electrons. The number of hydrogen-bond donors (Lipinski definition) is 2. The summed E-state index contributed by atoms with van der Waals surface area (Å²) < 4.78 is 4.53. The van der Waals surface area contributed by atoms with E-state index in [2.05, 4.69) is 26.6 Å². The van der Waals surface area contributed by atoms with Gasteiger partial charge in [-0.2, -0.15) is 4.98 Å². The molecule has 1 rings (SSSR count). The van der Waals surface area contributed by atoms with Crippen molar-refractivity contribution >= 4 is 5.97 Å². The van der Waals surface area contributed by atoms with Gasteiger partial charge in [-0.15, -0.1) is 0 Å². The van der Waals surface area contributed by atoms with E-state index < -0.39 is 5.97 Å². The molecular formula is C8H11N3O3. The van der Waals surface area contributed by atoms with Gasteiger partial charge in [-0.1, -0.05) is 11.7 Å². The molecule has 6 heteroatoms. The van der Waals surface area contributed by atoms with E-state index in [1.54, 1.807) is 0 Å². The first-order chi connectivity index (χ1) is 6.70. The van der Waals surface area contributed by atoms with E-state index in [0.717, 1.165) is 0 Å². The highest BCUT2D eigenvalue weighted by Gasteiger charge is 2.03. The number of nitrogens with zero attached hydrogens (tertiary/aromatic N) is 2. The highest BCUT2D eigenvalue weighted by Crippen LogP contribution is 1.90. The van der Waals surface area contributed by atoms with Gasteiger partial charge >= 0.3 is 5.97 Å². The molecule has 0 atom stereocenters. The Kier molecular flexibility index (Phi) is 3.81. The molecule has 1 heterocycles. The van der Waals surface area contributed by atoms with Crippen molar-refractivity contribution in [3.63, 3.8) is 0 Å². The van der Waals surface area contributed by atoms with Gasteiger partial charge in [0.1, 0.15) is 0 Å². The third-order valence-corrected chi connectivity index (χ3v) is 1.57. The maximum Gasteiger partial charge on any atom is 0.332 e. The van der Waals surface area contributed by atoms with E-state index in [1.165, 1.54) is 6.39 Å². The Morgan fingerprint density at radius 1 is 1.71 bits per heavy atom. The molecule has 0 saturated carbocycles. The van der Waals surface area contributed by atoms with Crippen molar-refractivity contribution in [3.05, 3.63) is 24.4 Å². The molecule has 0 aromatic carbocycles. The van der Waals surface area contributed by atoms with Crippen LogP contribution >= 0.6 is 0 Å². The van der Waals surface area contributed by atoms with E-state index in [9.17, 15) is 4.79 Å². The van der Waals surface area contributed by atoms with E-state index in [-0.39, 0.29) is 12.1 Å². The van der Waals surface area contributed by atoms with Gasteiger partial charge in [-0.3, -0.25) is 0 Å². The van der Waals surface area contributed by atoms with Crippen LogP contribution < -0.4 is 5.32 Å². The van der Waals surface area contributed by atoms with Gasteiger partial charge in [-0.25, -0.2) is 4.79 Å². The summed E-state index contributed by atoms with van der Waals surface area (Å²) in [6, 6.07) is 0. The normalized spacial score (nSPS) is 10.0. The van der Waals surface area contributed by atoms with Crippen LogP contribution in [0.2, 0.25) is 0 Å². The average molecular weight is 197 g/mol. The SMILES string of the molecule is C=C(CNCCc1ncon1)C(=O)O.